The van der Waals surface area contributed by atoms with Crippen LogP contribution in [0.2, 0.25) is 0 Å². The van der Waals surface area contributed by atoms with Crippen LogP contribution in [-0.2, 0) is 9.84 Å². The molecule has 6 atom stereocenters. The van der Waals surface area contributed by atoms with Crippen molar-refractivity contribution in [2.24, 2.45) is 42.9 Å². The molecular weight excluding hydrogens is 443 g/mol. The van der Waals surface area contributed by atoms with E-state index in [0.717, 1.165) is 12.5 Å². The number of likely N-dealkylation sites (N-methyl/N-ethyl adjacent to an activating group) is 1. The number of fused-ring (bicyclic) bond motifs is 1. The lowest BCUT2D eigenvalue weighted by Gasteiger charge is -2.32. The molecule has 0 bridgehead atoms. The second kappa shape index (κ2) is 4.95. The largest absolute Gasteiger partial charge is 0.434 e. The van der Waals surface area contributed by atoms with Crippen molar-refractivity contribution in [1.29, 1.82) is 0 Å². The monoisotopic (exact) mass is 463 g/mol. The number of sulfone groups is 1. The number of rotatable bonds is 3. The highest BCUT2D eigenvalue weighted by Gasteiger charge is 2.81. The van der Waals surface area contributed by atoms with Gasteiger partial charge < -0.3 is 4.90 Å². The highest BCUT2D eigenvalue weighted by atomic mass is 32.2. The minimum absolute atomic E-state index is 0.0772. The Hall–Kier alpha value is -2.30. The summed E-state index contributed by atoms with van der Waals surface area (Å²) in [7, 11) is -1.97. The molecule has 0 aromatic carbocycles. The average molecular weight is 463 g/mol. The summed E-state index contributed by atoms with van der Waals surface area (Å²) in [6, 6.07) is 0. The zero-order valence-corrected chi connectivity index (χ0v) is 18.2. The average Bonchev–Trinajstić information content (AvgIpc) is 3.62. The van der Waals surface area contributed by atoms with Crippen LogP contribution in [0.4, 0.5) is 13.2 Å². The van der Waals surface area contributed by atoms with E-state index in [9.17, 15) is 21.6 Å². The number of alkyl halides is 3. The van der Waals surface area contributed by atoms with Crippen molar-refractivity contribution < 1.29 is 21.6 Å². The summed E-state index contributed by atoms with van der Waals surface area (Å²) in [6.07, 6.45) is 4.47. The van der Waals surface area contributed by atoms with Gasteiger partial charge in [0.15, 0.2) is 27.0 Å². The predicted octanol–water partition coefficient (Wildman–Crippen LogP) is 3.39. The Balaban J connectivity index is 1.42. The van der Waals surface area contributed by atoms with Gasteiger partial charge in [-0.15, -0.1) is 5.11 Å². The maximum atomic E-state index is 13.4. The Labute approximate surface area is 182 Å². The summed E-state index contributed by atoms with van der Waals surface area (Å²) < 4.78 is 66.6. The van der Waals surface area contributed by atoms with Crippen LogP contribution in [0.25, 0.3) is 0 Å². The Kier molecular flexibility index (Phi) is 2.97. The number of allylic oxidation sites excluding steroid dienone is 4. The fraction of sp³-hybridized carbons (Fsp3) is 0.619. The zero-order valence-electron chi connectivity index (χ0n) is 17.4. The SMILES string of the molecule is CCS(=O)(=O)C1=C(C2=NC34C=C(C(F)(F)F)N=NC3(C4)N2C)N=CC23CC12C=CC1CC13. The lowest BCUT2D eigenvalue weighted by atomic mass is 9.82. The van der Waals surface area contributed by atoms with E-state index in [0.29, 0.717) is 18.3 Å². The molecule has 3 heterocycles. The Morgan fingerprint density at radius 1 is 1.28 bits per heavy atom. The zero-order chi connectivity index (χ0) is 22.5. The molecular formula is C21H20F3N5O2S. The first-order valence-corrected chi connectivity index (χ1v) is 12.4. The van der Waals surface area contributed by atoms with Crippen LogP contribution in [-0.4, -0.2) is 55.5 Å². The molecule has 0 radical (unpaired) electrons. The van der Waals surface area contributed by atoms with E-state index in [1.165, 1.54) is 0 Å². The normalized spacial score (nSPS) is 46.6. The smallest absolute Gasteiger partial charge is 0.330 e. The molecule has 0 spiro atoms. The summed E-state index contributed by atoms with van der Waals surface area (Å²) in [5.41, 5.74) is -3.94. The summed E-state index contributed by atoms with van der Waals surface area (Å²) >= 11 is 0. The van der Waals surface area contributed by atoms with Gasteiger partial charge >= 0.3 is 6.18 Å². The molecule has 3 fully saturated rings. The van der Waals surface area contributed by atoms with E-state index in [1.54, 1.807) is 18.9 Å². The maximum Gasteiger partial charge on any atom is 0.434 e. The van der Waals surface area contributed by atoms with Gasteiger partial charge in [0.1, 0.15) is 11.2 Å². The van der Waals surface area contributed by atoms with Crippen molar-refractivity contribution in [2.45, 2.75) is 43.6 Å². The fourth-order valence-corrected chi connectivity index (χ4v) is 8.25. The Morgan fingerprint density at radius 2 is 2.06 bits per heavy atom. The molecule has 6 unspecified atom stereocenters. The molecule has 0 saturated heterocycles. The third-order valence-corrected chi connectivity index (χ3v) is 10.5. The molecule has 168 valence electrons. The van der Waals surface area contributed by atoms with Crippen molar-refractivity contribution >= 4 is 21.9 Å². The minimum atomic E-state index is -4.62. The van der Waals surface area contributed by atoms with Crippen LogP contribution in [0.5, 0.6) is 0 Å². The number of nitrogens with zero attached hydrogens (tertiary/aromatic N) is 5. The highest BCUT2D eigenvalue weighted by Crippen LogP contribution is 2.81. The van der Waals surface area contributed by atoms with Crippen molar-refractivity contribution in [3.8, 4) is 0 Å². The number of azo groups is 1. The van der Waals surface area contributed by atoms with Gasteiger partial charge in [0.25, 0.3) is 0 Å². The lowest BCUT2D eigenvalue weighted by Crippen LogP contribution is -2.40. The quantitative estimate of drug-likeness (QED) is 0.601. The minimum Gasteiger partial charge on any atom is -0.330 e. The van der Waals surface area contributed by atoms with E-state index in [1.807, 2.05) is 12.3 Å². The predicted molar refractivity (Wildman–Crippen MR) is 109 cm³/mol. The van der Waals surface area contributed by atoms with Gasteiger partial charge in [-0.05, 0) is 30.8 Å². The standard InChI is InChI=1S/C21H20F3N5O2S/c1-3-32(30,31)15-14(25-10-18-8-17(15,18)5-4-11-6-12(11)18)16-26-19-7-13(21(22,23)24)27-28-20(19,9-19)29(16)2/h4-5,7,10-12H,3,6,8-9H2,1-2H3. The fourth-order valence-electron chi connectivity index (χ4n) is 6.64. The number of halogens is 3. The molecule has 0 N–H and O–H groups in total. The summed E-state index contributed by atoms with van der Waals surface area (Å²) in [4.78, 5) is 11.2. The van der Waals surface area contributed by atoms with Gasteiger partial charge in [-0.3, -0.25) is 9.98 Å². The van der Waals surface area contributed by atoms with Crippen LogP contribution in [0.3, 0.4) is 0 Å². The number of aliphatic imine (C=N–C) groups is 2. The third-order valence-electron chi connectivity index (χ3n) is 8.60. The molecule has 0 amide bonds. The molecule has 11 heteroatoms. The first kappa shape index (κ1) is 19.2. The third kappa shape index (κ3) is 1.87. The van der Waals surface area contributed by atoms with Crippen LogP contribution in [0.15, 0.2) is 54.7 Å². The molecule has 7 nitrogen and oxygen atoms in total. The second-order valence-corrected chi connectivity index (χ2v) is 12.2. The molecule has 0 aromatic rings. The van der Waals surface area contributed by atoms with E-state index >= 15 is 0 Å². The summed E-state index contributed by atoms with van der Waals surface area (Å²) in [5.74, 6) is 1.09. The molecule has 7 rings (SSSR count). The summed E-state index contributed by atoms with van der Waals surface area (Å²) in [5, 5.41) is 7.44. The Bertz CT molecular complexity index is 1310. The van der Waals surface area contributed by atoms with Gasteiger partial charge in [0.05, 0.1) is 10.7 Å². The highest BCUT2D eigenvalue weighted by molar-refractivity contribution is 7.95. The van der Waals surface area contributed by atoms with E-state index in [2.05, 4.69) is 26.3 Å². The van der Waals surface area contributed by atoms with Crippen molar-refractivity contribution in [3.05, 3.63) is 34.5 Å². The van der Waals surface area contributed by atoms with E-state index in [-0.39, 0.29) is 34.0 Å². The number of amidine groups is 1. The van der Waals surface area contributed by atoms with Gasteiger partial charge in [-0.1, -0.05) is 19.1 Å². The topological polar surface area (TPSA) is 86.8 Å². The van der Waals surface area contributed by atoms with Crippen LogP contribution in [0, 0.1) is 22.7 Å². The van der Waals surface area contributed by atoms with Gasteiger partial charge in [0.2, 0.25) is 0 Å². The molecule has 3 saturated carbocycles. The second-order valence-electron chi connectivity index (χ2n) is 10.0. The van der Waals surface area contributed by atoms with Crippen molar-refractivity contribution in [2.75, 3.05) is 12.8 Å². The lowest BCUT2D eigenvalue weighted by molar-refractivity contribution is -0.0942. The number of hydrogen-bond donors (Lipinski definition) is 0. The molecule has 0 aromatic heterocycles. The molecule has 4 aliphatic carbocycles. The maximum absolute atomic E-state index is 13.4. The molecule has 32 heavy (non-hydrogen) atoms. The van der Waals surface area contributed by atoms with Gasteiger partial charge in [0, 0.05) is 30.5 Å². The molecule has 3 aliphatic heterocycles. The molecule has 7 aliphatic rings. The Morgan fingerprint density at radius 3 is 2.78 bits per heavy atom. The van der Waals surface area contributed by atoms with Gasteiger partial charge in [-0.2, -0.15) is 18.3 Å². The van der Waals surface area contributed by atoms with E-state index < -0.39 is 38.3 Å². The first-order chi connectivity index (χ1) is 15.0. The number of hydrogen-bond acceptors (Lipinski definition) is 7. The van der Waals surface area contributed by atoms with Crippen molar-refractivity contribution in [3.63, 3.8) is 0 Å². The summed E-state index contributed by atoms with van der Waals surface area (Å²) in [6.45, 7) is 1.60. The van der Waals surface area contributed by atoms with Gasteiger partial charge in [-0.25, -0.2) is 8.42 Å². The van der Waals surface area contributed by atoms with Crippen LogP contribution >= 0.6 is 0 Å². The first-order valence-electron chi connectivity index (χ1n) is 10.7. The van der Waals surface area contributed by atoms with Crippen molar-refractivity contribution in [1.82, 2.24) is 4.90 Å². The van der Waals surface area contributed by atoms with Crippen LogP contribution in [0.1, 0.15) is 26.2 Å². The van der Waals surface area contributed by atoms with E-state index in [4.69, 9.17) is 0 Å². The van der Waals surface area contributed by atoms with Crippen LogP contribution < -0.4 is 0 Å².